The molecule has 0 bridgehead atoms. The quantitative estimate of drug-likeness (QED) is 0.372. The Bertz CT molecular complexity index is 576. The van der Waals surface area contributed by atoms with E-state index in [0.29, 0.717) is 5.69 Å². The number of nitriles is 1. The summed E-state index contributed by atoms with van der Waals surface area (Å²) in [4.78, 5) is 16.4. The van der Waals surface area contributed by atoms with Gasteiger partial charge in [-0.25, -0.2) is 0 Å². The third kappa shape index (κ3) is 5.10. The van der Waals surface area contributed by atoms with Crippen molar-refractivity contribution < 1.29 is 14.2 Å². The maximum Gasteiger partial charge on any atom is 0.284 e. The van der Waals surface area contributed by atoms with Crippen molar-refractivity contribution in [1.29, 1.82) is 5.26 Å². The summed E-state index contributed by atoms with van der Waals surface area (Å²) in [6.07, 6.45) is 1.46. The van der Waals surface area contributed by atoms with E-state index in [-0.39, 0.29) is 24.3 Å². The Morgan fingerprint density at radius 3 is 2.90 bits per heavy atom. The van der Waals surface area contributed by atoms with Gasteiger partial charge in [-0.1, -0.05) is 43.7 Å². The first kappa shape index (κ1) is 16.4. The Morgan fingerprint density at radius 2 is 2.38 bits per heavy atom. The fourth-order valence-electron chi connectivity index (χ4n) is 1.27. The number of rotatable bonds is 6. The molecule has 0 aliphatic heterocycles. The minimum atomic E-state index is -0.637. The van der Waals surface area contributed by atoms with Gasteiger partial charge in [0, 0.05) is 11.5 Å². The molecule has 7 heteroatoms. The van der Waals surface area contributed by atoms with Crippen molar-refractivity contribution in [1.82, 2.24) is 10.5 Å². The van der Waals surface area contributed by atoms with E-state index >= 15 is 0 Å². The van der Waals surface area contributed by atoms with Crippen LogP contribution in [0.2, 0.25) is 0 Å². The number of carbonyl (C=O) groups excluding carboxylic acids is 1. The van der Waals surface area contributed by atoms with Gasteiger partial charge in [-0.15, -0.1) is 0 Å². The highest BCUT2D eigenvalue weighted by Crippen LogP contribution is 2.22. The SMILES string of the molecule is C=CCO/N=C(\C#N)C(=O)NCc1cc(C(C)(C)C)on1. The smallest absolute Gasteiger partial charge is 0.284 e. The number of hydrogen-bond donors (Lipinski definition) is 1. The third-order valence-corrected chi connectivity index (χ3v) is 2.40. The van der Waals surface area contributed by atoms with E-state index in [0.717, 1.165) is 5.76 Å². The van der Waals surface area contributed by atoms with E-state index in [1.807, 2.05) is 20.8 Å². The minimum absolute atomic E-state index is 0.122. The molecule has 1 aromatic rings. The zero-order valence-electron chi connectivity index (χ0n) is 12.3. The molecule has 0 radical (unpaired) electrons. The summed E-state index contributed by atoms with van der Waals surface area (Å²) in [6, 6.07) is 3.42. The largest absolute Gasteiger partial charge is 0.390 e. The number of amides is 1. The summed E-state index contributed by atoms with van der Waals surface area (Å²) in [5.74, 6) is 0.0807. The summed E-state index contributed by atoms with van der Waals surface area (Å²) in [6.45, 7) is 9.67. The molecular weight excluding hydrogens is 272 g/mol. The van der Waals surface area contributed by atoms with Gasteiger partial charge in [-0.2, -0.15) is 5.26 Å². The van der Waals surface area contributed by atoms with Gasteiger partial charge in [0.1, 0.15) is 24.1 Å². The average Bonchev–Trinajstić information content (AvgIpc) is 2.90. The Kier molecular flexibility index (Phi) is 5.67. The molecule has 1 aromatic heterocycles. The van der Waals surface area contributed by atoms with Gasteiger partial charge in [-0.05, 0) is 0 Å². The van der Waals surface area contributed by atoms with E-state index in [4.69, 9.17) is 14.6 Å². The average molecular weight is 290 g/mol. The van der Waals surface area contributed by atoms with Gasteiger partial charge >= 0.3 is 0 Å². The van der Waals surface area contributed by atoms with Crippen LogP contribution in [0.5, 0.6) is 0 Å². The first-order valence-corrected chi connectivity index (χ1v) is 6.33. The van der Waals surface area contributed by atoms with Crippen molar-refractivity contribution in [3.8, 4) is 6.07 Å². The standard InChI is InChI=1S/C14H18N4O3/c1-5-6-20-18-11(8-15)13(19)16-9-10-7-12(21-17-10)14(2,3)4/h5,7H,1,6,9H2,2-4H3,(H,16,19)/b18-11+. The molecule has 21 heavy (non-hydrogen) atoms. The maximum atomic E-state index is 11.7. The lowest BCUT2D eigenvalue weighted by Crippen LogP contribution is -2.30. The number of oxime groups is 1. The Hall–Kier alpha value is -2.62. The van der Waals surface area contributed by atoms with Gasteiger partial charge < -0.3 is 14.7 Å². The highest BCUT2D eigenvalue weighted by atomic mass is 16.6. The van der Waals surface area contributed by atoms with Crippen LogP contribution in [0.3, 0.4) is 0 Å². The molecule has 1 rings (SSSR count). The normalized spacial score (nSPS) is 11.6. The summed E-state index contributed by atoms with van der Waals surface area (Å²) < 4.78 is 5.20. The molecule has 0 spiro atoms. The van der Waals surface area contributed by atoms with Crippen LogP contribution >= 0.6 is 0 Å². The number of nitrogens with one attached hydrogen (secondary N) is 1. The monoisotopic (exact) mass is 290 g/mol. The molecule has 1 heterocycles. The maximum absolute atomic E-state index is 11.7. The summed E-state index contributed by atoms with van der Waals surface area (Å²) >= 11 is 0. The van der Waals surface area contributed by atoms with Crippen molar-refractivity contribution in [3.05, 3.63) is 30.2 Å². The molecule has 0 fully saturated rings. The van der Waals surface area contributed by atoms with E-state index in [1.54, 1.807) is 12.1 Å². The Labute approximate surface area is 123 Å². The zero-order chi connectivity index (χ0) is 15.9. The van der Waals surface area contributed by atoms with Crippen molar-refractivity contribution in [3.63, 3.8) is 0 Å². The second-order valence-corrected chi connectivity index (χ2v) is 5.25. The molecule has 1 amide bonds. The van der Waals surface area contributed by atoms with Crippen LogP contribution in [0.4, 0.5) is 0 Å². The highest BCUT2D eigenvalue weighted by Gasteiger charge is 2.20. The van der Waals surface area contributed by atoms with Crippen molar-refractivity contribution in [2.45, 2.75) is 32.7 Å². The summed E-state index contributed by atoms with van der Waals surface area (Å²) in [5.41, 5.74) is 0.0431. The third-order valence-electron chi connectivity index (χ3n) is 2.40. The molecular formula is C14H18N4O3. The molecule has 0 saturated heterocycles. The number of aromatic nitrogens is 1. The second kappa shape index (κ2) is 7.24. The highest BCUT2D eigenvalue weighted by molar-refractivity contribution is 6.44. The van der Waals surface area contributed by atoms with Crippen molar-refractivity contribution >= 4 is 11.6 Å². The molecule has 0 aliphatic carbocycles. The number of hydrogen-bond acceptors (Lipinski definition) is 6. The number of carbonyl (C=O) groups is 1. The Balaban J connectivity index is 2.60. The minimum Gasteiger partial charge on any atom is -0.390 e. The van der Waals surface area contributed by atoms with Crippen LogP contribution in [0, 0.1) is 11.3 Å². The predicted molar refractivity (Wildman–Crippen MR) is 76.2 cm³/mol. The van der Waals surface area contributed by atoms with Crippen LogP contribution in [0.15, 0.2) is 28.4 Å². The van der Waals surface area contributed by atoms with Gasteiger partial charge in [0.25, 0.3) is 5.91 Å². The number of nitrogens with zero attached hydrogens (tertiary/aromatic N) is 3. The molecule has 112 valence electrons. The fraction of sp³-hybridized carbons (Fsp3) is 0.429. The van der Waals surface area contributed by atoms with Gasteiger partial charge in [0.05, 0.1) is 6.54 Å². The summed E-state index contributed by atoms with van der Waals surface area (Å²) in [5, 5.41) is 18.6. The first-order chi connectivity index (χ1) is 9.88. The lowest BCUT2D eigenvalue weighted by molar-refractivity contribution is -0.115. The van der Waals surface area contributed by atoms with Crippen LogP contribution in [0.25, 0.3) is 0 Å². The fourth-order valence-corrected chi connectivity index (χ4v) is 1.27. The first-order valence-electron chi connectivity index (χ1n) is 6.33. The molecule has 0 unspecified atom stereocenters. The molecule has 0 atom stereocenters. The van der Waals surface area contributed by atoms with Crippen molar-refractivity contribution in [2.24, 2.45) is 5.16 Å². The molecule has 0 aromatic carbocycles. The predicted octanol–water partition coefficient (Wildman–Crippen LogP) is 1.67. The Morgan fingerprint density at radius 1 is 1.67 bits per heavy atom. The summed E-state index contributed by atoms with van der Waals surface area (Å²) in [7, 11) is 0. The van der Waals surface area contributed by atoms with Gasteiger partial charge in [0.2, 0.25) is 5.71 Å². The van der Waals surface area contributed by atoms with Crippen molar-refractivity contribution in [2.75, 3.05) is 6.61 Å². The molecule has 1 N–H and O–H groups in total. The van der Waals surface area contributed by atoms with Crippen LogP contribution < -0.4 is 5.32 Å². The lowest BCUT2D eigenvalue weighted by Gasteiger charge is -2.12. The van der Waals surface area contributed by atoms with E-state index in [9.17, 15) is 4.79 Å². The van der Waals surface area contributed by atoms with Gasteiger partial charge in [-0.3, -0.25) is 4.79 Å². The van der Waals surface area contributed by atoms with E-state index < -0.39 is 5.91 Å². The molecule has 0 aliphatic rings. The van der Waals surface area contributed by atoms with Crippen LogP contribution in [-0.2, 0) is 21.6 Å². The van der Waals surface area contributed by atoms with E-state index in [2.05, 4.69) is 22.2 Å². The zero-order valence-corrected chi connectivity index (χ0v) is 12.3. The molecule has 0 saturated carbocycles. The van der Waals surface area contributed by atoms with Crippen LogP contribution in [-0.4, -0.2) is 23.4 Å². The second-order valence-electron chi connectivity index (χ2n) is 5.25. The molecule has 7 nitrogen and oxygen atoms in total. The topological polar surface area (TPSA) is 101 Å². The van der Waals surface area contributed by atoms with E-state index in [1.165, 1.54) is 6.08 Å². The van der Waals surface area contributed by atoms with Gasteiger partial charge in [0.15, 0.2) is 0 Å². The van der Waals surface area contributed by atoms with Crippen LogP contribution in [0.1, 0.15) is 32.2 Å². The lowest BCUT2D eigenvalue weighted by atomic mass is 9.93.